The van der Waals surface area contributed by atoms with Gasteiger partial charge in [0.2, 0.25) is 5.91 Å². The van der Waals surface area contributed by atoms with Gasteiger partial charge >= 0.3 is 0 Å². The van der Waals surface area contributed by atoms with E-state index in [-0.39, 0.29) is 17.5 Å². The second kappa shape index (κ2) is 8.63. The number of rotatable bonds is 6. The first-order chi connectivity index (χ1) is 13.5. The first-order valence-corrected chi connectivity index (χ1v) is 8.47. The lowest BCUT2D eigenvalue weighted by Gasteiger charge is -2.09. The summed E-state index contributed by atoms with van der Waals surface area (Å²) < 4.78 is 5.13. The lowest BCUT2D eigenvalue weighted by atomic mass is 10.2. The van der Waals surface area contributed by atoms with E-state index in [2.05, 4.69) is 26.1 Å². The molecule has 3 rings (SSSR count). The molecule has 0 unspecified atom stereocenters. The molecule has 0 aliphatic rings. The number of carbonyl (C=O) groups is 2. The van der Waals surface area contributed by atoms with E-state index in [1.54, 1.807) is 61.7 Å². The molecule has 0 bridgehead atoms. The molecule has 3 aromatic rings. The van der Waals surface area contributed by atoms with Crippen molar-refractivity contribution in [2.45, 2.75) is 6.92 Å². The van der Waals surface area contributed by atoms with E-state index in [9.17, 15) is 9.59 Å². The smallest absolute Gasteiger partial charge is 0.276 e. The van der Waals surface area contributed by atoms with Gasteiger partial charge in [-0.25, -0.2) is 0 Å². The van der Waals surface area contributed by atoms with Gasteiger partial charge in [-0.2, -0.15) is 0 Å². The van der Waals surface area contributed by atoms with Gasteiger partial charge in [0.25, 0.3) is 5.91 Å². The van der Waals surface area contributed by atoms with Gasteiger partial charge in [0.15, 0.2) is 11.5 Å². The summed E-state index contributed by atoms with van der Waals surface area (Å²) in [6.07, 6.45) is 0. The van der Waals surface area contributed by atoms with E-state index in [4.69, 9.17) is 4.74 Å². The molecule has 2 amide bonds. The predicted octanol–water partition coefficient (Wildman–Crippen LogP) is 3.44. The summed E-state index contributed by atoms with van der Waals surface area (Å²) in [4.78, 5) is 23.5. The number of benzene rings is 2. The fourth-order valence-corrected chi connectivity index (χ4v) is 2.44. The Balaban J connectivity index is 1.66. The Morgan fingerprint density at radius 1 is 0.857 bits per heavy atom. The van der Waals surface area contributed by atoms with Crippen LogP contribution in [0.1, 0.15) is 17.4 Å². The number of nitrogens with one attached hydrogen (secondary N) is 3. The average molecular weight is 377 g/mol. The highest BCUT2D eigenvalue weighted by atomic mass is 16.5. The van der Waals surface area contributed by atoms with Gasteiger partial charge in [0, 0.05) is 30.1 Å². The van der Waals surface area contributed by atoms with E-state index in [0.717, 1.165) is 5.69 Å². The van der Waals surface area contributed by atoms with Crippen molar-refractivity contribution in [3.8, 4) is 5.75 Å². The van der Waals surface area contributed by atoms with Gasteiger partial charge in [0.05, 0.1) is 7.11 Å². The highest BCUT2D eigenvalue weighted by Crippen LogP contribution is 2.19. The molecule has 8 heteroatoms. The lowest BCUT2D eigenvalue weighted by molar-refractivity contribution is -0.114. The second-order valence-corrected chi connectivity index (χ2v) is 5.88. The summed E-state index contributed by atoms with van der Waals surface area (Å²) in [6, 6.07) is 17.4. The third-order valence-electron chi connectivity index (χ3n) is 3.68. The van der Waals surface area contributed by atoms with E-state index in [1.165, 1.54) is 6.92 Å². The molecule has 1 aromatic heterocycles. The molecule has 0 fully saturated rings. The van der Waals surface area contributed by atoms with Crippen molar-refractivity contribution in [3.63, 3.8) is 0 Å². The highest BCUT2D eigenvalue weighted by molar-refractivity contribution is 6.02. The molecular formula is C20H19N5O3. The van der Waals surface area contributed by atoms with Crippen LogP contribution in [0.15, 0.2) is 60.7 Å². The van der Waals surface area contributed by atoms with Crippen molar-refractivity contribution >= 4 is 34.7 Å². The molecule has 0 spiro atoms. The average Bonchev–Trinajstić information content (AvgIpc) is 2.68. The Hall–Kier alpha value is -3.94. The zero-order valence-corrected chi connectivity index (χ0v) is 15.4. The number of carbonyl (C=O) groups excluding carboxylic acids is 2. The number of ether oxygens (including phenoxy) is 1. The Morgan fingerprint density at radius 3 is 2.25 bits per heavy atom. The molecule has 0 atom stereocenters. The fraction of sp³-hybridized carbons (Fsp3) is 0.100. The SMILES string of the molecule is COc1cccc(NC(=O)c2ccc(Nc3cccc(NC(C)=O)c3)nn2)c1. The summed E-state index contributed by atoms with van der Waals surface area (Å²) in [5.74, 6) is 0.589. The third-order valence-corrected chi connectivity index (χ3v) is 3.68. The topological polar surface area (TPSA) is 105 Å². The summed E-state index contributed by atoms with van der Waals surface area (Å²) >= 11 is 0. The van der Waals surface area contributed by atoms with Gasteiger partial charge in [-0.05, 0) is 42.5 Å². The van der Waals surface area contributed by atoms with Crippen molar-refractivity contribution in [3.05, 3.63) is 66.4 Å². The Labute approximate surface area is 161 Å². The second-order valence-electron chi connectivity index (χ2n) is 5.88. The first-order valence-electron chi connectivity index (χ1n) is 8.47. The largest absolute Gasteiger partial charge is 0.497 e. The first kappa shape index (κ1) is 18.8. The highest BCUT2D eigenvalue weighted by Gasteiger charge is 2.09. The van der Waals surface area contributed by atoms with Gasteiger partial charge in [-0.15, -0.1) is 10.2 Å². The molecule has 0 aliphatic carbocycles. The van der Waals surface area contributed by atoms with E-state index >= 15 is 0 Å². The summed E-state index contributed by atoms with van der Waals surface area (Å²) in [6.45, 7) is 1.45. The maximum absolute atomic E-state index is 12.3. The maximum atomic E-state index is 12.3. The van der Waals surface area contributed by atoms with Crippen LogP contribution in [-0.4, -0.2) is 29.1 Å². The minimum Gasteiger partial charge on any atom is -0.497 e. The zero-order valence-electron chi connectivity index (χ0n) is 15.4. The van der Waals surface area contributed by atoms with E-state index in [1.807, 2.05) is 6.07 Å². The van der Waals surface area contributed by atoms with Crippen LogP contribution in [-0.2, 0) is 4.79 Å². The van der Waals surface area contributed by atoms with Crippen molar-refractivity contribution in [1.29, 1.82) is 0 Å². The minimum atomic E-state index is -0.375. The van der Waals surface area contributed by atoms with Crippen molar-refractivity contribution in [1.82, 2.24) is 10.2 Å². The van der Waals surface area contributed by atoms with Gasteiger partial charge in [0.1, 0.15) is 5.75 Å². The van der Waals surface area contributed by atoms with E-state index in [0.29, 0.717) is 22.9 Å². The molecule has 0 radical (unpaired) electrons. The van der Waals surface area contributed by atoms with Crippen LogP contribution in [0.5, 0.6) is 5.75 Å². The minimum absolute atomic E-state index is 0.150. The van der Waals surface area contributed by atoms with E-state index < -0.39 is 0 Å². The van der Waals surface area contributed by atoms with Gasteiger partial charge < -0.3 is 20.7 Å². The molecular weight excluding hydrogens is 358 g/mol. The number of hydrogen-bond donors (Lipinski definition) is 3. The zero-order chi connectivity index (χ0) is 19.9. The fourth-order valence-electron chi connectivity index (χ4n) is 2.44. The number of anilines is 4. The van der Waals surface area contributed by atoms with Crippen LogP contribution in [0.2, 0.25) is 0 Å². The molecule has 3 N–H and O–H groups in total. The number of methoxy groups -OCH3 is 1. The van der Waals surface area contributed by atoms with Crippen molar-refractivity contribution in [2.24, 2.45) is 0 Å². The Kier molecular flexibility index (Phi) is 5.81. The predicted molar refractivity (Wildman–Crippen MR) is 107 cm³/mol. The normalized spacial score (nSPS) is 10.1. The van der Waals surface area contributed by atoms with Crippen LogP contribution in [0, 0.1) is 0 Å². The molecule has 0 saturated carbocycles. The summed E-state index contributed by atoms with van der Waals surface area (Å²) in [5.41, 5.74) is 2.18. The standard InChI is InChI=1S/C20H19N5O3/c1-13(26)21-14-5-3-6-15(11-14)22-19-10-9-18(24-25-19)20(27)23-16-7-4-8-17(12-16)28-2/h3-12H,1-2H3,(H,21,26)(H,22,25)(H,23,27). The monoisotopic (exact) mass is 377 g/mol. The van der Waals surface area contributed by atoms with Crippen LogP contribution in [0.3, 0.4) is 0 Å². The van der Waals surface area contributed by atoms with Crippen LogP contribution in [0.4, 0.5) is 22.9 Å². The van der Waals surface area contributed by atoms with Crippen molar-refractivity contribution < 1.29 is 14.3 Å². The number of hydrogen-bond acceptors (Lipinski definition) is 6. The summed E-state index contributed by atoms with van der Waals surface area (Å²) in [5, 5.41) is 16.5. The molecule has 8 nitrogen and oxygen atoms in total. The molecule has 142 valence electrons. The molecule has 0 saturated heterocycles. The number of nitrogens with zero attached hydrogens (tertiary/aromatic N) is 2. The van der Waals surface area contributed by atoms with Crippen LogP contribution >= 0.6 is 0 Å². The molecule has 0 aliphatic heterocycles. The Morgan fingerprint density at radius 2 is 1.57 bits per heavy atom. The van der Waals surface area contributed by atoms with Crippen molar-refractivity contribution in [2.75, 3.05) is 23.1 Å². The third kappa shape index (κ3) is 5.04. The number of amides is 2. The maximum Gasteiger partial charge on any atom is 0.276 e. The van der Waals surface area contributed by atoms with Gasteiger partial charge in [-0.3, -0.25) is 9.59 Å². The van der Waals surface area contributed by atoms with Crippen LogP contribution in [0.25, 0.3) is 0 Å². The molecule has 2 aromatic carbocycles. The number of aromatic nitrogens is 2. The molecule has 1 heterocycles. The summed E-state index contributed by atoms with van der Waals surface area (Å²) in [7, 11) is 1.56. The lowest BCUT2D eigenvalue weighted by Crippen LogP contribution is -2.14. The van der Waals surface area contributed by atoms with Gasteiger partial charge in [-0.1, -0.05) is 12.1 Å². The van der Waals surface area contributed by atoms with Crippen LogP contribution < -0.4 is 20.7 Å². The Bertz CT molecular complexity index is 989. The molecule has 28 heavy (non-hydrogen) atoms. The quantitative estimate of drug-likeness (QED) is 0.608.